The van der Waals surface area contributed by atoms with Gasteiger partial charge in [-0.05, 0) is 46.4 Å². The molecule has 1 aromatic carbocycles. The minimum atomic E-state index is -1.14. The lowest BCUT2D eigenvalue weighted by molar-refractivity contribution is -0.143. The highest BCUT2D eigenvalue weighted by atomic mass is 127. The zero-order valence-electron chi connectivity index (χ0n) is 14.3. The fourth-order valence-electron chi connectivity index (χ4n) is 2.17. The zero-order chi connectivity index (χ0) is 20.1. The van der Waals surface area contributed by atoms with Crippen molar-refractivity contribution in [2.75, 3.05) is 27.4 Å². The summed E-state index contributed by atoms with van der Waals surface area (Å²) in [7, 11) is 2.54. The molecule has 11 heteroatoms. The Hall–Kier alpha value is -2.83. The summed E-state index contributed by atoms with van der Waals surface area (Å²) in [4.78, 5) is 46.9. The molecule has 1 aromatic rings. The summed E-state index contributed by atoms with van der Waals surface area (Å²) in [5.41, 5.74) is 0.475. The molecule has 0 atom stereocenters. The number of ether oxygens (including phenoxy) is 3. The van der Waals surface area contributed by atoms with E-state index in [0.29, 0.717) is 9.13 Å². The van der Waals surface area contributed by atoms with Crippen LogP contribution in [-0.4, -0.2) is 61.3 Å². The number of hydrogen-bond acceptors (Lipinski definition) is 7. The predicted molar refractivity (Wildman–Crippen MR) is 99.1 cm³/mol. The third-order valence-electron chi connectivity index (χ3n) is 3.38. The van der Waals surface area contributed by atoms with Crippen LogP contribution in [0.3, 0.4) is 0 Å². The van der Waals surface area contributed by atoms with Crippen LogP contribution in [0.25, 0.3) is 6.08 Å². The van der Waals surface area contributed by atoms with Crippen molar-refractivity contribution in [3.8, 4) is 11.5 Å². The molecule has 0 aliphatic carbocycles. The van der Waals surface area contributed by atoms with E-state index < -0.39 is 37.0 Å². The van der Waals surface area contributed by atoms with Gasteiger partial charge in [-0.3, -0.25) is 9.59 Å². The standard InChI is InChI=1S/C16H15IN2O8/c1-25-11-5-8(3-9(17)14(11)27-7-12(20)21)4-10-15(23)19(16(24)18-10)6-13(22)26-2/h3-5H,6-7H2,1-2H3,(H,18,24)(H,20,21)/b10-4+. The highest BCUT2D eigenvalue weighted by Gasteiger charge is 2.35. The first-order valence-corrected chi connectivity index (χ1v) is 8.48. The maximum absolute atomic E-state index is 12.3. The van der Waals surface area contributed by atoms with Crippen LogP contribution in [0.1, 0.15) is 5.56 Å². The van der Waals surface area contributed by atoms with Crippen LogP contribution in [0.2, 0.25) is 0 Å². The number of halogens is 1. The molecule has 1 heterocycles. The van der Waals surface area contributed by atoms with Gasteiger partial charge in [0.15, 0.2) is 18.1 Å². The van der Waals surface area contributed by atoms with E-state index in [2.05, 4.69) is 10.1 Å². The molecule has 27 heavy (non-hydrogen) atoms. The molecule has 0 aromatic heterocycles. The van der Waals surface area contributed by atoms with Gasteiger partial charge in [0.2, 0.25) is 0 Å². The second kappa shape index (κ2) is 8.70. The Labute approximate surface area is 167 Å². The molecule has 1 aliphatic rings. The molecule has 0 saturated carbocycles. The van der Waals surface area contributed by atoms with E-state index in [9.17, 15) is 19.2 Å². The number of aliphatic carboxylic acids is 1. The summed E-state index contributed by atoms with van der Waals surface area (Å²) in [6.07, 6.45) is 1.41. The molecule has 144 valence electrons. The molecule has 1 aliphatic heterocycles. The normalized spacial score (nSPS) is 14.9. The van der Waals surface area contributed by atoms with Gasteiger partial charge in [0.05, 0.1) is 17.8 Å². The van der Waals surface area contributed by atoms with Crippen LogP contribution >= 0.6 is 22.6 Å². The maximum atomic E-state index is 12.3. The molecular formula is C16H15IN2O8. The number of benzene rings is 1. The number of carboxylic acid groups (broad SMARTS) is 1. The summed E-state index contributed by atoms with van der Waals surface area (Å²) in [5.74, 6) is -2.03. The molecule has 0 bridgehead atoms. The van der Waals surface area contributed by atoms with Gasteiger partial charge >= 0.3 is 18.0 Å². The Morgan fingerprint density at radius 1 is 1.30 bits per heavy atom. The van der Waals surface area contributed by atoms with Crippen LogP contribution in [0, 0.1) is 3.57 Å². The first-order chi connectivity index (χ1) is 12.8. The molecule has 0 spiro atoms. The van der Waals surface area contributed by atoms with E-state index in [1.807, 2.05) is 22.6 Å². The number of rotatable bonds is 7. The Bertz CT molecular complexity index is 836. The number of nitrogens with one attached hydrogen (secondary N) is 1. The lowest BCUT2D eigenvalue weighted by Gasteiger charge is -2.12. The molecular weight excluding hydrogens is 475 g/mol. The number of carboxylic acids is 1. The SMILES string of the molecule is COC(=O)CN1C(=O)N/C(=C/c2cc(I)c(OCC(=O)O)c(OC)c2)C1=O. The summed E-state index contributed by atoms with van der Waals surface area (Å²) in [5, 5.41) is 11.1. The Morgan fingerprint density at radius 3 is 2.59 bits per heavy atom. The van der Waals surface area contributed by atoms with E-state index >= 15 is 0 Å². The largest absolute Gasteiger partial charge is 0.493 e. The number of methoxy groups -OCH3 is 2. The summed E-state index contributed by atoms with van der Waals surface area (Å²) in [6, 6.07) is 2.41. The quantitative estimate of drug-likeness (QED) is 0.249. The average Bonchev–Trinajstić information content (AvgIpc) is 2.87. The molecule has 0 unspecified atom stereocenters. The Kier molecular flexibility index (Phi) is 6.60. The fourth-order valence-corrected chi connectivity index (χ4v) is 2.95. The molecule has 0 radical (unpaired) electrons. The highest BCUT2D eigenvalue weighted by molar-refractivity contribution is 14.1. The number of imide groups is 1. The molecule has 1 fully saturated rings. The van der Waals surface area contributed by atoms with E-state index in [-0.39, 0.29) is 17.2 Å². The van der Waals surface area contributed by atoms with Crippen LogP contribution < -0.4 is 14.8 Å². The monoisotopic (exact) mass is 490 g/mol. The number of amides is 3. The molecule has 1 saturated heterocycles. The van der Waals surface area contributed by atoms with Crippen molar-refractivity contribution in [2.24, 2.45) is 0 Å². The van der Waals surface area contributed by atoms with E-state index in [0.717, 1.165) is 12.0 Å². The predicted octanol–water partition coefficient (Wildman–Crippen LogP) is 0.829. The van der Waals surface area contributed by atoms with Gasteiger partial charge in [-0.25, -0.2) is 14.5 Å². The number of nitrogens with zero attached hydrogens (tertiary/aromatic N) is 1. The Morgan fingerprint density at radius 2 is 2.00 bits per heavy atom. The topological polar surface area (TPSA) is 131 Å². The van der Waals surface area contributed by atoms with Crippen molar-refractivity contribution in [1.29, 1.82) is 0 Å². The van der Waals surface area contributed by atoms with E-state index in [1.165, 1.54) is 19.3 Å². The first-order valence-electron chi connectivity index (χ1n) is 7.40. The van der Waals surface area contributed by atoms with Gasteiger partial charge in [0.25, 0.3) is 5.91 Å². The Balaban J connectivity index is 2.29. The smallest absolute Gasteiger partial charge is 0.341 e. The molecule has 2 rings (SSSR count). The zero-order valence-corrected chi connectivity index (χ0v) is 16.4. The summed E-state index contributed by atoms with van der Waals surface area (Å²) < 4.78 is 15.4. The number of carbonyl (C=O) groups excluding carboxylic acids is 3. The molecule has 3 amide bonds. The minimum absolute atomic E-state index is 0.0269. The lowest BCUT2D eigenvalue weighted by atomic mass is 10.1. The average molecular weight is 490 g/mol. The third-order valence-corrected chi connectivity index (χ3v) is 4.18. The van der Waals surface area contributed by atoms with Gasteiger partial charge in [-0.2, -0.15) is 0 Å². The van der Waals surface area contributed by atoms with Crippen molar-refractivity contribution in [2.45, 2.75) is 0 Å². The summed E-state index contributed by atoms with van der Waals surface area (Å²) in [6.45, 7) is -1.04. The lowest BCUT2D eigenvalue weighted by Crippen LogP contribution is -2.36. The van der Waals surface area contributed by atoms with Crippen molar-refractivity contribution in [1.82, 2.24) is 10.2 Å². The van der Waals surface area contributed by atoms with Gasteiger partial charge in [-0.15, -0.1) is 0 Å². The van der Waals surface area contributed by atoms with Crippen molar-refractivity contribution < 1.29 is 38.5 Å². The van der Waals surface area contributed by atoms with Crippen LogP contribution in [0.5, 0.6) is 11.5 Å². The fraction of sp³-hybridized carbons (Fsp3) is 0.250. The number of esters is 1. The van der Waals surface area contributed by atoms with Crippen molar-refractivity contribution in [3.05, 3.63) is 27.0 Å². The van der Waals surface area contributed by atoms with E-state index in [4.69, 9.17) is 14.6 Å². The van der Waals surface area contributed by atoms with Gasteiger partial charge in [-0.1, -0.05) is 0 Å². The maximum Gasteiger partial charge on any atom is 0.341 e. The molecule has 2 N–H and O–H groups in total. The first kappa shape index (κ1) is 20.5. The van der Waals surface area contributed by atoms with Gasteiger partial charge in [0.1, 0.15) is 12.2 Å². The van der Waals surface area contributed by atoms with Crippen LogP contribution in [0.15, 0.2) is 17.8 Å². The number of carbonyl (C=O) groups is 4. The summed E-state index contributed by atoms with van der Waals surface area (Å²) >= 11 is 1.93. The van der Waals surface area contributed by atoms with Crippen molar-refractivity contribution in [3.63, 3.8) is 0 Å². The van der Waals surface area contributed by atoms with Gasteiger partial charge < -0.3 is 24.6 Å². The molecule has 10 nitrogen and oxygen atoms in total. The van der Waals surface area contributed by atoms with Crippen molar-refractivity contribution >= 4 is 52.5 Å². The number of hydrogen-bond donors (Lipinski definition) is 2. The van der Waals surface area contributed by atoms with E-state index in [1.54, 1.807) is 6.07 Å². The van der Waals surface area contributed by atoms with Crippen LogP contribution in [-0.2, 0) is 19.1 Å². The van der Waals surface area contributed by atoms with Crippen LogP contribution in [0.4, 0.5) is 4.79 Å². The second-order valence-electron chi connectivity index (χ2n) is 5.17. The number of urea groups is 1. The van der Waals surface area contributed by atoms with Gasteiger partial charge in [0, 0.05) is 0 Å². The third kappa shape index (κ3) is 4.87. The highest BCUT2D eigenvalue weighted by Crippen LogP contribution is 2.34. The second-order valence-corrected chi connectivity index (χ2v) is 6.33. The minimum Gasteiger partial charge on any atom is -0.493 e.